The summed E-state index contributed by atoms with van der Waals surface area (Å²) in [5.74, 6) is -1.24. The van der Waals surface area contributed by atoms with Gasteiger partial charge in [0.1, 0.15) is 5.56 Å². The second-order valence-electron chi connectivity index (χ2n) is 7.22. The molecule has 2 aromatic rings. The molecule has 1 aromatic heterocycles. The molecule has 2 N–H and O–H groups in total. The molecule has 1 aliphatic carbocycles. The van der Waals surface area contributed by atoms with Crippen molar-refractivity contribution in [2.75, 3.05) is 13.1 Å². The molecule has 1 aliphatic heterocycles. The van der Waals surface area contributed by atoms with Crippen LogP contribution in [0.5, 0.6) is 0 Å². The van der Waals surface area contributed by atoms with E-state index in [0.29, 0.717) is 18.7 Å². The van der Waals surface area contributed by atoms with E-state index in [9.17, 15) is 19.5 Å². The Morgan fingerprint density at radius 1 is 1.15 bits per heavy atom. The van der Waals surface area contributed by atoms with E-state index in [1.165, 1.54) is 11.0 Å². The Morgan fingerprint density at radius 3 is 2.58 bits per heavy atom. The number of nitrogens with zero attached hydrogens (tertiary/aromatic N) is 1. The number of amides is 1. The molecule has 2 fully saturated rings. The van der Waals surface area contributed by atoms with E-state index in [-0.39, 0.29) is 23.9 Å². The number of nitrogens with one attached hydrogen (secondary N) is 1. The minimum Gasteiger partial charge on any atom is -0.481 e. The van der Waals surface area contributed by atoms with E-state index in [4.69, 9.17) is 0 Å². The fourth-order valence-corrected chi connectivity index (χ4v) is 4.39. The molecule has 2 atom stereocenters. The molecule has 1 saturated heterocycles. The molecule has 1 amide bonds. The molecule has 0 unspecified atom stereocenters. The predicted molar refractivity (Wildman–Crippen MR) is 95.8 cm³/mol. The number of likely N-dealkylation sites (tertiary alicyclic amines) is 1. The normalized spacial score (nSPS) is 24.5. The highest BCUT2D eigenvalue weighted by Crippen LogP contribution is 2.49. The van der Waals surface area contributed by atoms with Crippen molar-refractivity contribution < 1.29 is 14.7 Å². The summed E-state index contributed by atoms with van der Waals surface area (Å²) in [6, 6.07) is 12.7. The second-order valence-corrected chi connectivity index (χ2v) is 7.22. The molecule has 0 spiro atoms. The lowest BCUT2D eigenvalue weighted by molar-refractivity contribution is -0.149. The van der Waals surface area contributed by atoms with Gasteiger partial charge in [0.05, 0.1) is 5.41 Å². The Hall–Kier alpha value is -2.89. The minimum absolute atomic E-state index is 0.0216. The van der Waals surface area contributed by atoms with Crippen LogP contribution in [0.3, 0.4) is 0 Å². The van der Waals surface area contributed by atoms with Crippen molar-refractivity contribution in [1.29, 1.82) is 0 Å². The number of carboxylic acids is 1. The molecule has 0 radical (unpaired) electrons. The number of carboxylic acid groups (broad SMARTS) is 1. The third-order valence-corrected chi connectivity index (χ3v) is 5.81. The fraction of sp³-hybridized carbons (Fsp3) is 0.350. The molecular weight excluding hydrogens is 332 g/mol. The van der Waals surface area contributed by atoms with E-state index >= 15 is 0 Å². The zero-order valence-electron chi connectivity index (χ0n) is 14.3. The standard InChI is InChI=1S/C20H20N2O4/c23-17-15(8-9-16(21-17)13-5-2-1-3-6-13)18(24)22-11-14-7-4-10-20(14,12-22)19(25)26/h1-3,5-6,8-9,14H,4,7,10-12H2,(H,21,23)(H,25,26)/t14-,20+/m0/s1. The van der Waals surface area contributed by atoms with Gasteiger partial charge in [-0.15, -0.1) is 0 Å². The van der Waals surface area contributed by atoms with E-state index in [1.807, 2.05) is 30.3 Å². The number of rotatable bonds is 3. The first-order valence-electron chi connectivity index (χ1n) is 8.83. The molecule has 26 heavy (non-hydrogen) atoms. The molecule has 2 aliphatic rings. The van der Waals surface area contributed by atoms with Crippen molar-refractivity contribution in [2.45, 2.75) is 19.3 Å². The highest BCUT2D eigenvalue weighted by molar-refractivity contribution is 5.95. The van der Waals surface area contributed by atoms with Gasteiger partial charge in [-0.25, -0.2) is 0 Å². The number of carbonyl (C=O) groups excluding carboxylic acids is 1. The van der Waals surface area contributed by atoms with Gasteiger partial charge < -0.3 is 15.0 Å². The molecule has 2 heterocycles. The molecule has 134 valence electrons. The minimum atomic E-state index is -0.841. The first kappa shape index (κ1) is 16.6. The van der Waals surface area contributed by atoms with Gasteiger partial charge in [-0.2, -0.15) is 0 Å². The number of hydrogen-bond donors (Lipinski definition) is 2. The molecule has 4 rings (SSSR count). The van der Waals surface area contributed by atoms with E-state index < -0.39 is 16.9 Å². The SMILES string of the molecule is O=C(c1ccc(-c2ccccc2)[nH]c1=O)N1C[C@@H]2CCC[C@@]2(C(=O)O)C1. The van der Waals surface area contributed by atoms with Gasteiger partial charge in [0.2, 0.25) is 0 Å². The highest BCUT2D eigenvalue weighted by Gasteiger charge is 2.55. The lowest BCUT2D eigenvalue weighted by Crippen LogP contribution is -2.38. The number of hydrogen-bond acceptors (Lipinski definition) is 3. The quantitative estimate of drug-likeness (QED) is 0.887. The van der Waals surface area contributed by atoms with Gasteiger partial charge in [-0.05, 0) is 36.5 Å². The maximum atomic E-state index is 12.8. The number of benzene rings is 1. The molecule has 1 saturated carbocycles. The van der Waals surface area contributed by atoms with Crippen molar-refractivity contribution in [3.8, 4) is 11.3 Å². The Bertz CT molecular complexity index is 921. The predicted octanol–water partition coefficient (Wildman–Crippen LogP) is 2.37. The van der Waals surface area contributed by atoms with Crippen LogP contribution in [-0.4, -0.2) is 40.0 Å². The summed E-state index contributed by atoms with van der Waals surface area (Å²) >= 11 is 0. The van der Waals surface area contributed by atoms with Crippen molar-refractivity contribution in [3.05, 3.63) is 58.4 Å². The monoisotopic (exact) mass is 352 g/mol. The van der Waals surface area contributed by atoms with Gasteiger partial charge in [0.15, 0.2) is 0 Å². The number of aliphatic carboxylic acids is 1. The number of H-pyrrole nitrogens is 1. The van der Waals surface area contributed by atoms with Crippen LogP contribution >= 0.6 is 0 Å². The van der Waals surface area contributed by atoms with Crippen LogP contribution in [0.4, 0.5) is 0 Å². The lowest BCUT2D eigenvalue weighted by Gasteiger charge is -2.23. The number of fused-ring (bicyclic) bond motifs is 1. The average molecular weight is 352 g/mol. The maximum Gasteiger partial charge on any atom is 0.311 e. The first-order chi connectivity index (χ1) is 12.5. The maximum absolute atomic E-state index is 12.8. The first-order valence-corrected chi connectivity index (χ1v) is 8.83. The van der Waals surface area contributed by atoms with Gasteiger partial charge in [-0.3, -0.25) is 14.4 Å². The summed E-state index contributed by atoms with van der Waals surface area (Å²) < 4.78 is 0. The number of aromatic amines is 1. The van der Waals surface area contributed by atoms with Crippen LogP contribution in [0, 0.1) is 11.3 Å². The van der Waals surface area contributed by atoms with Crippen molar-refractivity contribution in [3.63, 3.8) is 0 Å². The van der Waals surface area contributed by atoms with Crippen molar-refractivity contribution in [1.82, 2.24) is 9.88 Å². The topological polar surface area (TPSA) is 90.5 Å². The number of carbonyl (C=O) groups is 2. The van der Waals surface area contributed by atoms with Gasteiger partial charge >= 0.3 is 5.97 Å². The highest BCUT2D eigenvalue weighted by atomic mass is 16.4. The van der Waals surface area contributed by atoms with E-state index in [2.05, 4.69) is 4.98 Å². The summed E-state index contributed by atoms with van der Waals surface area (Å²) in [5, 5.41) is 9.66. The zero-order chi connectivity index (χ0) is 18.3. The number of aromatic nitrogens is 1. The molecular formula is C20H20N2O4. The molecule has 6 nitrogen and oxygen atoms in total. The third-order valence-electron chi connectivity index (χ3n) is 5.81. The fourth-order valence-electron chi connectivity index (χ4n) is 4.39. The van der Waals surface area contributed by atoms with Crippen LogP contribution in [0.1, 0.15) is 29.6 Å². The zero-order valence-corrected chi connectivity index (χ0v) is 14.3. The Kier molecular flexibility index (Phi) is 3.90. The average Bonchev–Trinajstić information content (AvgIpc) is 3.20. The summed E-state index contributed by atoms with van der Waals surface area (Å²) in [5.41, 5.74) is 0.284. The summed E-state index contributed by atoms with van der Waals surface area (Å²) in [6.07, 6.45) is 2.30. The lowest BCUT2D eigenvalue weighted by atomic mass is 9.81. The second kappa shape index (κ2) is 6.12. The Labute approximate surface area is 150 Å². The largest absolute Gasteiger partial charge is 0.481 e. The van der Waals surface area contributed by atoms with Gasteiger partial charge in [0, 0.05) is 18.8 Å². The summed E-state index contributed by atoms with van der Waals surface area (Å²) in [4.78, 5) is 41.3. The Morgan fingerprint density at radius 2 is 1.92 bits per heavy atom. The van der Waals surface area contributed by atoms with E-state index in [1.54, 1.807) is 6.07 Å². The number of pyridine rings is 1. The third kappa shape index (κ3) is 2.53. The summed E-state index contributed by atoms with van der Waals surface area (Å²) in [6.45, 7) is 0.594. The Balaban J connectivity index is 1.60. The smallest absolute Gasteiger partial charge is 0.311 e. The van der Waals surface area contributed by atoms with Crippen LogP contribution in [0.15, 0.2) is 47.3 Å². The van der Waals surface area contributed by atoms with Crippen molar-refractivity contribution >= 4 is 11.9 Å². The van der Waals surface area contributed by atoms with Crippen molar-refractivity contribution in [2.24, 2.45) is 11.3 Å². The van der Waals surface area contributed by atoms with Gasteiger partial charge in [0.25, 0.3) is 11.5 Å². The van der Waals surface area contributed by atoms with Gasteiger partial charge in [-0.1, -0.05) is 36.8 Å². The molecule has 6 heteroatoms. The van der Waals surface area contributed by atoms with Crippen LogP contribution < -0.4 is 5.56 Å². The van der Waals surface area contributed by atoms with Crippen LogP contribution in [0.2, 0.25) is 0 Å². The molecule has 1 aromatic carbocycles. The summed E-state index contributed by atoms with van der Waals surface area (Å²) in [7, 11) is 0. The van der Waals surface area contributed by atoms with E-state index in [0.717, 1.165) is 18.4 Å². The van der Waals surface area contributed by atoms with Crippen LogP contribution in [0.25, 0.3) is 11.3 Å². The molecule has 0 bridgehead atoms. The van der Waals surface area contributed by atoms with Crippen LogP contribution in [-0.2, 0) is 4.79 Å².